The Hall–Kier alpha value is -1.05. The van der Waals surface area contributed by atoms with Gasteiger partial charge >= 0.3 is 0 Å². The Labute approximate surface area is 86.1 Å². The zero-order valence-corrected chi connectivity index (χ0v) is 8.72. The van der Waals surface area contributed by atoms with E-state index >= 15 is 0 Å². The minimum Gasteiger partial charge on any atom is -0.352 e. The molecular formula is C12H19NO. The molecule has 1 amide bonds. The first-order valence-corrected chi connectivity index (χ1v) is 5.41. The molecule has 0 atom stereocenters. The molecule has 0 heterocycles. The van der Waals surface area contributed by atoms with E-state index in [2.05, 4.69) is 18.0 Å². The topological polar surface area (TPSA) is 29.1 Å². The Morgan fingerprint density at radius 3 is 3.14 bits per heavy atom. The van der Waals surface area contributed by atoms with E-state index in [1.165, 1.54) is 43.8 Å². The molecule has 0 aromatic rings. The SMILES string of the molecule is C=CC(=O)NCCC1=CCCCCC1. The molecule has 0 aliphatic heterocycles. The number of amides is 1. The lowest BCUT2D eigenvalue weighted by molar-refractivity contribution is -0.116. The van der Waals surface area contributed by atoms with Crippen LogP contribution in [0.25, 0.3) is 0 Å². The second-order valence-electron chi connectivity index (χ2n) is 3.71. The highest BCUT2D eigenvalue weighted by Gasteiger charge is 2.02. The van der Waals surface area contributed by atoms with Gasteiger partial charge < -0.3 is 5.32 Å². The van der Waals surface area contributed by atoms with Crippen molar-refractivity contribution in [2.45, 2.75) is 38.5 Å². The van der Waals surface area contributed by atoms with Gasteiger partial charge in [0.25, 0.3) is 0 Å². The average molecular weight is 193 g/mol. The van der Waals surface area contributed by atoms with Crippen LogP contribution in [0, 0.1) is 0 Å². The van der Waals surface area contributed by atoms with E-state index in [1.54, 1.807) is 0 Å². The van der Waals surface area contributed by atoms with Crippen LogP contribution in [0.5, 0.6) is 0 Å². The van der Waals surface area contributed by atoms with Crippen LogP contribution in [0.3, 0.4) is 0 Å². The zero-order valence-electron chi connectivity index (χ0n) is 8.72. The van der Waals surface area contributed by atoms with Gasteiger partial charge in [0.15, 0.2) is 0 Å². The highest BCUT2D eigenvalue weighted by molar-refractivity contribution is 5.86. The fourth-order valence-corrected chi connectivity index (χ4v) is 1.73. The molecule has 1 aliphatic carbocycles. The molecule has 2 nitrogen and oxygen atoms in total. The lowest BCUT2D eigenvalue weighted by Crippen LogP contribution is -2.22. The molecule has 0 fully saturated rings. The van der Waals surface area contributed by atoms with E-state index in [1.807, 2.05) is 0 Å². The first kappa shape index (κ1) is 11.0. The van der Waals surface area contributed by atoms with E-state index in [9.17, 15) is 4.79 Å². The van der Waals surface area contributed by atoms with Gasteiger partial charge in [-0.15, -0.1) is 0 Å². The van der Waals surface area contributed by atoms with E-state index in [0.717, 1.165) is 13.0 Å². The van der Waals surface area contributed by atoms with E-state index < -0.39 is 0 Å². The third kappa shape index (κ3) is 4.26. The van der Waals surface area contributed by atoms with Crippen molar-refractivity contribution < 1.29 is 4.79 Å². The molecule has 14 heavy (non-hydrogen) atoms. The van der Waals surface area contributed by atoms with Gasteiger partial charge in [-0.25, -0.2) is 0 Å². The van der Waals surface area contributed by atoms with Crippen molar-refractivity contribution in [1.29, 1.82) is 0 Å². The maximum atomic E-state index is 10.9. The fourth-order valence-electron chi connectivity index (χ4n) is 1.73. The van der Waals surface area contributed by atoms with Crippen molar-refractivity contribution in [1.82, 2.24) is 5.32 Å². The Morgan fingerprint density at radius 2 is 2.36 bits per heavy atom. The summed E-state index contributed by atoms with van der Waals surface area (Å²) in [5.74, 6) is -0.0702. The van der Waals surface area contributed by atoms with Crippen LogP contribution in [0.2, 0.25) is 0 Å². The van der Waals surface area contributed by atoms with Crippen LogP contribution in [0.15, 0.2) is 24.3 Å². The summed E-state index contributed by atoms with van der Waals surface area (Å²) in [6, 6.07) is 0. The molecule has 2 heteroatoms. The van der Waals surface area contributed by atoms with Crippen molar-refractivity contribution in [3.8, 4) is 0 Å². The van der Waals surface area contributed by atoms with Gasteiger partial charge in [0.05, 0.1) is 0 Å². The summed E-state index contributed by atoms with van der Waals surface area (Å²) in [6.45, 7) is 4.16. The monoisotopic (exact) mass is 193 g/mol. The summed E-state index contributed by atoms with van der Waals surface area (Å²) in [5.41, 5.74) is 1.51. The Balaban J connectivity index is 2.19. The predicted molar refractivity (Wildman–Crippen MR) is 59.0 cm³/mol. The molecule has 0 radical (unpaired) electrons. The van der Waals surface area contributed by atoms with Gasteiger partial charge in [-0.3, -0.25) is 4.79 Å². The summed E-state index contributed by atoms with van der Waals surface area (Å²) in [5, 5.41) is 2.80. The molecule has 78 valence electrons. The molecule has 1 aliphatic rings. The molecular weight excluding hydrogens is 174 g/mol. The van der Waals surface area contributed by atoms with Crippen molar-refractivity contribution in [2.75, 3.05) is 6.54 Å². The molecule has 0 unspecified atom stereocenters. The molecule has 0 aromatic heterocycles. The summed E-state index contributed by atoms with van der Waals surface area (Å²) >= 11 is 0. The summed E-state index contributed by atoms with van der Waals surface area (Å²) in [6.07, 6.45) is 11.1. The van der Waals surface area contributed by atoms with Crippen molar-refractivity contribution >= 4 is 5.91 Å². The number of allylic oxidation sites excluding steroid dienone is 1. The number of hydrogen-bond donors (Lipinski definition) is 1. The van der Waals surface area contributed by atoms with E-state index in [-0.39, 0.29) is 5.91 Å². The number of rotatable bonds is 4. The quantitative estimate of drug-likeness (QED) is 0.539. The van der Waals surface area contributed by atoms with Gasteiger partial charge in [-0.2, -0.15) is 0 Å². The van der Waals surface area contributed by atoms with Gasteiger partial charge in [0.1, 0.15) is 0 Å². The molecule has 0 aromatic carbocycles. The lowest BCUT2D eigenvalue weighted by atomic mass is 10.1. The van der Waals surface area contributed by atoms with Crippen LogP contribution in [0.4, 0.5) is 0 Å². The fraction of sp³-hybridized carbons (Fsp3) is 0.583. The minimum absolute atomic E-state index is 0.0702. The number of hydrogen-bond acceptors (Lipinski definition) is 1. The molecule has 1 N–H and O–H groups in total. The molecule has 0 bridgehead atoms. The lowest BCUT2D eigenvalue weighted by Gasteiger charge is -2.05. The summed E-state index contributed by atoms with van der Waals surface area (Å²) in [4.78, 5) is 10.9. The molecule has 0 spiro atoms. The van der Waals surface area contributed by atoms with Crippen molar-refractivity contribution in [3.05, 3.63) is 24.3 Å². The highest BCUT2D eigenvalue weighted by Crippen LogP contribution is 2.18. The maximum absolute atomic E-state index is 10.9. The molecule has 0 saturated carbocycles. The average Bonchev–Trinajstić information content (AvgIpc) is 2.46. The maximum Gasteiger partial charge on any atom is 0.243 e. The van der Waals surface area contributed by atoms with Gasteiger partial charge in [0, 0.05) is 6.54 Å². The third-order valence-electron chi connectivity index (χ3n) is 2.57. The normalized spacial score (nSPS) is 16.7. The predicted octanol–water partition coefficient (Wildman–Crippen LogP) is 2.57. The molecule has 0 saturated heterocycles. The number of nitrogens with one attached hydrogen (secondary N) is 1. The van der Waals surface area contributed by atoms with E-state index in [0.29, 0.717) is 0 Å². The Bertz CT molecular complexity index is 230. The van der Waals surface area contributed by atoms with Crippen LogP contribution in [-0.4, -0.2) is 12.5 Å². The Morgan fingerprint density at radius 1 is 1.50 bits per heavy atom. The number of carbonyl (C=O) groups is 1. The third-order valence-corrected chi connectivity index (χ3v) is 2.57. The van der Waals surface area contributed by atoms with Crippen LogP contribution in [-0.2, 0) is 4.79 Å². The first-order chi connectivity index (χ1) is 6.83. The smallest absolute Gasteiger partial charge is 0.243 e. The summed E-state index contributed by atoms with van der Waals surface area (Å²) in [7, 11) is 0. The standard InChI is InChI=1S/C12H19NO/c1-2-12(14)13-10-9-11-7-5-3-4-6-8-11/h2,7H,1,3-6,8-10H2,(H,13,14). The molecule has 1 rings (SSSR count). The van der Waals surface area contributed by atoms with Crippen molar-refractivity contribution in [3.63, 3.8) is 0 Å². The first-order valence-electron chi connectivity index (χ1n) is 5.41. The summed E-state index contributed by atoms with van der Waals surface area (Å²) < 4.78 is 0. The van der Waals surface area contributed by atoms with Crippen LogP contribution >= 0.6 is 0 Å². The van der Waals surface area contributed by atoms with Crippen LogP contribution in [0.1, 0.15) is 38.5 Å². The van der Waals surface area contributed by atoms with Gasteiger partial charge in [0.2, 0.25) is 5.91 Å². The van der Waals surface area contributed by atoms with Gasteiger partial charge in [-0.1, -0.05) is 24.6 Å². The highest BCUT2D eigenvalue weighted by atomic mass is 16.1. The number of carbonyl (C=O) groups excluding carboxylic acids is 1. The van der Waals surface area contributed by atoms with Crippen LogP contribution < -0.4 is 5.32 Å². The van der Waals surface area contributed by atoms with E-state index in [4.69, 9.17) is 0 Å². The second-order valence-corrected chi connectivity index (χ2v) is 3.71. The van der Waals surface area contributed by atoms with Gasteiger partial charge in [-0.05, 0) is 38.2 Å². The second kappa shape index (κ2) is 6.41. The van der Waals surface area contributed by atoms with Crippen molar-refractivity contribution in [2.24, 2.45) is 0 Å². The largest absolute Gasteiger partial charge is 0.352 e. The zero-order chi connectivity index (χ0) is 10.2. The Kier molecular flexibility index (Phi) is 5.05. The minimum atomic E-state index is -0.0702.